The van der Waals surface area contributed by atoms with Crippen molar-refractivity contribution < 1.29 is 14.6 Å². The Balaban J connectivity index is 2.18. The molecule has 1 aromatic carbocycles. The van der Waals surface area contributed by atoms with E-state index in [1.807, 2.05) is 45.0 Å². The predicted molar refractivity (Wildman–Crippen MR) is 76.6 cm³/mol. The van der Waals surface area contributed by atoms with E-state index in [2.05, 4.69) is 5.32 Å². The third-order valence-corrected chi connectivity index (χ3v) is 2.79. The minimum Gasteiger partial charge on any atom is -0.491 e. The normalized spacial score (nSPS) is 14.1. The van der Waals surface area contributed by atoms with Gasteiger partial charge in [-0.3, -0.25) is 0 Å². The molecule has 0 spiro atoms. The van der Waals surface area contributed by atoms with Crippen molar-refractivity contribution in [3.8, 4) is 5.75 Å². The third-order valence-electron chi connectivity index (χ3n) is 2.79. The van der Waals surface area contributed by atoms with Crippen LogP contribution in [0.4, 0.5) is 0 Å². The quantitative estimate of drug-likeness (QED) is 0.715. The standard InChI is InChI=1S/C15H25NO3/c1-4-18-13(3)9-16-10-14(17)11-19-15-8-6-5-7-12(15)2/h5-8,13-14,16-17H,4,9-11H2,1-3H3. The van der Waals surface area contributed by atoms with Crippen LogP contribution in [0.5, 0.6) is 5.75 Å². The SMILES string of the molecule is CCOC(C)CNCC(O)COc1ccccc1C. The van der Waals surface area contributed by atoms with Gasteiger partial charge in [0.1, 0.15) is 18.5 Å². The summed E-state index contributed by atoms with van der Waals surface area (Å²) in [4.78, 5) is 0. The lowest BCUT2D eigenvalue weighted by Gasteiger charge is -2.16. The Morgan fingerprint density at radius 3 is 2.68 bits per heavy atom. The van der Waals surface area contributed by atoms with Crippen LogP contribution in [0.3, 0.4) is 0 Å². The number of ether oxygens (including phenoxy) is 2. The molecule has 19 heavy (non-hydrogen) atoms. The molecule has 2 N–H and O–H groups in total. The van der Waals surface area contributed by atoms with Gasteiger partial charge >= 0.3 is 0 Å². The van der Waals surface area contributed by atoms with Gasteiger partial charge in [0, 0.05) is 19.7 Å². The van der Waals surface area contributed by atoms with Crippen LogP contribution in [-0.2, 0) is 4.74 Å². The molecule has 0 bridgehead atoms. The summed E-state index contributed by atoms with van der Waals surface area (Å²) in [5.74, 6) is 0.823. The number of aliphatic hydroxyl groups is 1. The molecule has 4 nitrogen and oxygen atoms in total. The molecule has 0 aromatic heterocycles. The van der Waals surface area contributed by atoms with Crippen LogP contribution < -0.4 is 10.1 Å². The lowest BCUT2D eigenvalue weighted by Crippen LogP contribution is -2.35. The Labute approximate surface area is 115 Å². The van der Waals surface area contributed by atoms with Gasteiger partial charge in [-0.25, -0.2) is 0 Å². The van der Waals surface area contributed by atoms with E-state index in [9.17, 15) is 5.11 Å². The first-order valence-electron chi connectivity index (χ1n) is 6.82. The van der Waals surface area contributed by atoms with Crippen molar-refractivity contribution in [2.45, 2.75) is 33.0 Å². The highest BCUT2D eigenvalue weighted by atomic mass is 16.5. The van der Waals surface area contributed by atoms with Gasteiger partial charge in [-0.05, 0) is 32.4 Å². The van der Waals surface area contributed by atoms with E-state index in [0.29, 0.717) is 19.8 Å². The Morgan fingerprint density at radius 2 is 2.00 bits per heavy atom. The van der Waals surface area contributed by atoms with Gasteiger partial charge in [-0.15, -0.1) is 0 Å². The van der Waals surface area contributed by atoms with Crippen LogP contribution >= 0.6 is 0 Å². The predicted octanol–water partition coefficient (Wildman–Crippen LogP) is 1.75. The van der Waals surface area contributed by atoms with E-state index in [-0.39, 0.29) is 6.10 Å². The van der Waals surface area contributed by atoms with Gasteiger partial charge < -0.3 is 19.9 Å². The maximum atomic E-state index is 9.82. The summed E-state index contributed by atoms with van der Waals surface area (Å²) in [6.07, 6.45) is -0.358. The summed E-state index contributed by atoms with van der Waals surface area (Å²) in [5.41, 5.74) is 1.08. The second kappa shape index (κ2) is 8.91. The van der Waals surface area contributed by atoms with E-state index in [4.69, 9.17) is 9.47 Å². The zero-order chi connectivity index (χ0) is 14.1. The second-order valence-corrected chi connectivity index (χ2v) is 4.65. The Kier molecular flexibility index (Phi) is 7.48. The van der Waals surface area contributed by atoms with Crippen LogP contribution in [0.25, 0.3) is 0 Å². The smallest absolute Gasteiger partial charge is 0.122 e. The first kappa shape index (κ1) is 16.0. The topological polar surface area (TPSA) is 50.7 Å². The first-order chi connectivity index (χ1) is 9.13. The van der Waals surface area contributed by atoms with Gasteiger partial charge in [0.05, 0.1) is 6.10 Å². The molecule has 4 heteroatoms. The number of aliphatic hydroxyl groups excluding tert-OH is 1. The molecule has 1 rings (SSSR count). The number of aryl methyl sites for hydroxylation is 1. The molecule has 108 valence electrons. The summed E-state index contributed by atoms with van der Waals surface area (Å²) in [6.45, 7) is 8.21. The number of hydrogen-bond acceptors (Lipinski definition) is 4. The molecule has 2 atom stereocenters. The molecule has 0 radical (unpaired) electrons. The Hall–Kier alpha value is -1.10. The van der Waals surface area contributed by atoms with Crippen molar-refractivity contribution in [2.75, 3.05) is 26.3 Å². The molecule has 1 aromatic rings. The van der Waals surface area contributed by atoms with Crippen LogP contribution in [-0.4, -0.2) is 43.6 Å². The average molecular weight is 267 g/mol. The van der Waals surface area contributed by atoms with Crippen molar-refractivity contribution in [3.63, 3.8) is 0 Å². The lowest BCUT2D eigenvalue weighted by molar-refractivity contribution is 0.0671. The lowest BCUT2D eigenvalue weighted by atomic mass is 10.2. The molecule has 0 heterocycles. The van der Waals surface area contributed by atoms with Crippen LogP contribution in [0.2, 0.25) is 0 Å². The number of para-hydroxylation sites is 1. The van der Waals surface area contributed by atoms with E-state index in [1.165, 1.54) is 0 Å². The maximum Gasteiger partial charge on any atom is 0.122 e. The van der Waals surface area contributed by atoms with E-state index < -0.39 is 6.10 Å². The Bertz CT molecular complexity index is 357. The van der Waals surface area contributed by atoms with E-state index in [1.54, 1.807) is 0 Å². The van der Waals surface area contributed by atoms with Gasteiger partial charge in [-0.2, -0.15) is 0 Å². The van der Waals surface area contributed by atoms with Crippen molar-refractivity contribution in [1.82, 2.24) is 5.32 Å². The molecule has 0 aliphatic rings. The second-order valence-electron chi connectivity index (χ2n) is 4.65. The molecule has 0 aliphatic heterocycles. The highest BCUT2D eigenvalue weighted by molar-refractivity contribution is 5.31. The zero-order valence-corrected chi connectivity index (χ0v) is 12.1. The monoisotopic (exact) mass is 267 g/mol. The number of rotatable bonds is 9. The molecular weight excluding hydrogens is 242 g/mol. The van der Waals surface area contributed by atoms with Gasteiger partial charge in [-0.1, -0.05) is 18.2 Å². The molecule has 0 saturated carbocycles. The summed E-state index contributed by atoms with van der Waals surface area (Å²) in [7, 11) is 0. The largest absolute Gasteiger partial charge is 0.491 e. The first-order valence-corrected chi connectivity index (χ1v) is 6.82. The molecular formula is C15H25NO3. The molecule has 0 fully saturated rings. The molecule has 2 unspecified atom stereocenters. The molecule has 0 amide bonds. The van der Waals surface area contributed by atoms with E-state index in [0.717, 1.165) is 17.9 Å². The highest BCUT2D eigenvalue weighted by Gasteiger charge is 2.07. The number of nitrogens with one attached hydrogen (secondary N) is 1. The summed E-state index contributed by atoms with van der Waals surface area (Å²) >= 11 is 0. The molecule has 0 saturated heterocycles. The van der Waals surface area contributed by atoms with Gasteiger partial charge in [0.15, 0.2) is 0 Å². The fourth-order valence-electron chi connectivity index (χ4n) is 1.76. The fourth-order valence-corrected chi connectivity index (χ4v) is 1.76. The van der Waals surface area contributed by atoms with Gasteiger partial charge in [0.2, 0.25) is 0 Å². The van der Waals surface area contributed by atoms with Crippen LogP contribution in [0, 0.1) is 6.92 Å². The third kappa shape index (κ3) is 6.57. The fraction of sp³-hybridized carbons (Fsp3) is 0.600. The number of benzene rings is 1. The van der Waals surface area contributed by atoms with Crippen molar-refractivity contribution in [1.29, 1.82) is 0 Å². The van der Waals surface area contributed by atoms with Crippen LogP contribution in [0.1, 0.15) is 19.4 Å². The van der Waals surface area contributed by atoms with E-state index >= 15 is 0 Å². The summed E-state index contributed by atoms with van der Waals surface area (Å²) in [5, 5.41) is 13.0. The van der Waals surface area contributed by atoms with Crippen molar-refractivity contribution >= 4 is 0 Å². The number of hydrogen-bond donors (Lipinski definition) is 2. The van der Waals surface area contributed by atoms with Crippen molar-refractivity contribution in [3.05, 3.63) is 29.8 Å². The zero-order valence-electron chi connectivity index (χ0n) is 12.1. The highest BCUT2D eigenvalue weighted by Crippen LogP contribution is 2.16. The summed E-state index contributed by atoms with van der Waals surface area (Å²) < 4.78 is 11.0. The summed E-state index contributed by atoms with van der Waals surface area (Å²) in [6, 6.07) is 7.79. The maximum absolute atomic E-state index is 9.82. The molecule has 0 aliphatic carbocycles. The van der Waals surface area contributed by atoms with Gasteiger partial charge in [0.25, 0.3) is 0 Å². The van der Waals surface area contributed by atoms with Crippen LogP contribution in [0.15, 0.2) is 24.3 Å². The minimum atomic E-state index is -0.520. The average Bonchev–Trinajstić information content (AvgIpc) is 2.38. The minimum absolute atomic E-state index is 0.162. The Morgan fingerprint density at radius 1 is 1.26 bits per heavy atom. The van der Waals surface area contributed by atoms with Crippen molar-refractivity contribution in [2.24, 2.45) is 0 Å².